The number of carbonyl (C=O) groups excluding carboxylic acids is 1. The Balaban J connectivity index is 1.47. The zero-order valence-corrected chi connectivity index (χ0v) is 14.5. The molecule has 3 aromatic rings. The molecule has 2 aromatic heterocycles. The molecule has 1 aliphatic rings. The third kappa shape index (κ3) is 3.32. The zero-order valence-electron chi connectivity index (χ0n) is 13.7. The van der Waals surface area contributed by atoms with Crippen molar-refractivity contribution in [3.8, 4) is 11.4 Å². The summed E-state index contributed by atoms with van der Waals surface area (Å²) in [6.45, 7) is 1.03. The molecule has 128 valence electrons. The number of aromatic nitrogens is 2. The van der Waals surface area contributed by atoms with E-state index < -0.39 is 0 Å². The summed E-state index contributed by atoms with van der Waals surface area (Å²) in [6.07, 6.45) is 4.03. The number of furan rings is 1. The second-order valence-corrected chi connectivity index (χ2v) is 6.82. The zero-order chi connectivity index (χ0) is 17.2. The quantitative estimate of drug-likeness (QED) is 0.652. The average Bonchev–Trinajstić information content (AvgIpc) is 3.37. The molecule has 0 bridgehead atoms. The fourth-order valence-corrected chi connectivity index (χ4v) is 3.35. The van der Waals surface area contributed by atoms with Gasteiger partial charge in [0, 0.05) is 23.4 Å². The van der Waals surface area contributed by atoms with Crippen LogP contribution in [0.3, 0.4) is 0 Å². The van der Waals surface area contributed by atoms with Crippen molar-refractivity contribution < 1.29 is 13.7 Å². The van der Waals surface area contributed by atoms with Crippen molar-refractivity contribution in [2.45, 2.75) is 23.8 Å². The van der Waals surface area contributed by atoms with Crippen LogP contribution >= 0.6 is 11.8 Å². The Kier molecular flexibility index (Phi) is 4.31. The molecule has 0 spiro atoms. The average molecular weight is 355 g/mol. The van der Waals surface area contributed by atoms with Crippen molar-refractivity contribution in [3.05, 3.63) is 54.3 Å². The van der Waals surface area contributed by atoms with Crippen LogP contribution in [0.2, 0.25) is 0 Å². The van der Waals surface area contributed by atoms with Gasteiger partial charge in [-0.05, 0) is 42.7 Å². The number of rotatable bonds is 5. The minimum atomic E-state index is -0.0748. The molecule has 1 atom stereocenters. The van der Waals surface area contributed by atoms with Crippen LogP contribution < -0.4 is 0 Å². The molecule has 1 aromatic carbocycles. The first-order valence-corrected chi connectivity index (χ1v) is 9.23. The molecule has 1 aliphatic heterocycles. The van der Waals surface area contributed by atoms with Crippen molar-refractivity contribution in [3.63, 3.8) is 0 Å². The number of hydrogen-bond acceptors (Lipinski definition) is 6. The van der Waals surface area contributed by atoms with Crippen molar-refractivity contribution >= 4 is 17.7 Å². The van der Waals surface area contributed by atoms with Crippen LogP contribution in [0.15, 0.2) is 56.5 Å². The number of hydrogen-bond donors (Lipinski definition) is 0. The van der Waals surface area contributed by atoms with Gasteiger partial charge >= 0.3 is 0 Å². The van der Waals surface area contributed by atoms with Crippen molar-refractivity contribution in [1.82, 2.24) is 15.0 Å². The van der Waals surface area contributed by atoms with Crippen LogP contribution in [0.4, 0.5) is 0 Å². The predicted molar refractivity (Wildman–Crippen MR) is 93.0 cm³/mol. The van der Waals surface area contributed by atoms with Gasteiger partial charge in [0.1, 0.15) is 5.76 Å². The van der Waals surface area contributed by atoms with E-state index in [2.05, 4.69) is 10.1 Å². The van der Waals surface area contributed by atoms with Crippen molar-refractivity contribution in [2.24, 2.45) is 0 Å². The Hall–Kier alpha value is -2.54. The molecule has 1 saturated heterocycles. The summed E-state index contributed by atoms with van der Waals surface area (Å²) in [7, 11) is 0. The molecule has 3 heterocycles. The van der Waals surface area contributed by atoms with Crippen LogP contribution in [-0.4, -0.2) is 33.7 Å². The molecule has 0 radical (unpaired) electrons. The summed E-state index contributed by atoms with van der Waals surface area (Å²) in [5, 5.41) is 4.07. The second kappa shape index (κ2) is 6.76. The van der Waals surface area contributed by atoms with E-state index in [1.165, 1.54) is 4.90 Å². The second-order valence-electron chi connectivity index (χ2n) is 5.94. The van der Waals surface area contributed by atoms with Crippen molar-refractivity contribution in [2.75, 3.05) is 12.8 Å². The predicted octanol–water partition coefficient (Wildman–Crippen LogP) is 3.57. The standard InChI is InChI=1S/C18H17N3O3S/c1-25-15-6-4-12(5-7-15)17-19-18(24-20-17)13-9-16(22)21(10-13)11-14-3-2-8-23-14/h2-8,13H,9-11H2,1H3. The Morgan fingerprint density at radius 2 is 2.12 bits per heavy atom. The van der Waals surface area contributed by atoms with Crippen molar-refractivity contribution in [1.29, 1.82) is 0 Å². The van der Waals surface area contributed by atoms with Gasteiger partial charge in [-0.25, -0.2) is 0 Å². The topological polar surface area (TPSA) is 72.4 Å². The van der Waals surface area contributed by atoms with Crippen LogP contribution in [0.5, 0.6) is 0 Å². The summed E-state index contributed by atoms with van der Waals surface area (Å²) in [4.78, 5) is 19.7. The maximum absolute atomic E-state index is 12.2. The first kappa shape index (κ1) is 16.0. The Bertz CT molecular complexity index is 858. The van der Waals surface area contributed by atoms with E-state index in [1.54, 1.807) is 22.9 Å². The highest BCUT2D eigenvalue weighted by Crippen LogP contribution is 2.30. The Morgan fingerprint density at radius 1 is 1.28 bits per heavy atom. The largest absolute Gasteiger partial charge is 0.467 e. The first-order valence-electron chi connectivity index (χ1n) is 8.01. The van der Waals surface area contributed by atoms with Gasteiger partial charge in [0.05, 0.1) is 18.7 Å². The van der Waals surface area contributed by atoms with Crippen LogP contribution in [-0.2, 0) is 11.3 Å². The summed E-state index contributed by atoms with van der Waals surface area (Å²) >= 11 is 1.69. The molecule has 25 heavy (non-hydrogen) atoms. The highest BCUT2D eigenvalue weighted by molar-refractivity contribution is 7.98. The smallest absolute Gasteiger partial charge is 0.232 e. The summed E-state index contributed by atoms with van der Waals surface area (Å²) in [6, 6.07) is 11.7. The van der Waals surface area contributed by atoms with Gasteiger partial charge in [-0.15, -0.1) is 11.8 Å². The third-order valence-corrected chi connectivity index (χ3v) is 5.02. The third-order valence-electron chi connectivity index (χ3n) is 4.28. The number of amides is 1. The lowest BCUT2D eigenvalue weighted by molar-refractivity contribution is -0.128. The normalized spacial score (nSPS) is 17.4. The summed E-state index contributed by atoms with van der Waals surface area (Å²) < 4.78 is 10.7. The number of nitrogens with zero attached hydrogens (tertiary/aromatic N) is 3. The van der Waals surface area contributed by atoms with Gasteiger partial charge in [-0.2, -0.15) is 4.98 Å². The van der Waals surface area contributed by atoms with E-state index in [9.17, 15) is 4.79 Å². The van der Waals surface area contributed by atoms with Gasteiger partial charge in [-0.1, -0.05) is 5.16 Å². The number of carbonyl (C=O) groups is 1. The number of benzene rings is 1. The summed E-state index contributed by atoms with van der Waals surface area (Å²) in [5.41, 5.74) is 0.907. The van der Waals surface area contributed by atoms with Gasteiger partial charge in [0.2, 0.25) is 17.6 Å². The van der Waals surface area contributed by atoms with Gasteiger partial charge in [0.25, 0.3) is 0 Å². The fourth-order valence-electron chi connectivity index (χ4n) is 2.94. The van der Waals surface area contributed by atoms with E-state index in [-0.39, 0.29) is 11.8 Å². The molecule has 7 heteroatoms. The molecule has 0 N–H and O–H groups in total. The SMILES string of the molecule is CSc1ccc(-c2noc(C3CC(=O)N(Cc4ccco4)C3)n2)cc1. The lowest BCUT2D eigenvalue weighted by Gasteiger charge is -2.13. The van der Waals surface area contributed by atoms with E-state index in [4.69, 9.17) is 8.94 Å². The van der Waals surface area contributed by atoms with Gasteiger partial charge in [0.15, 0.2) is 0 Å². The first-order chi connectivity index (χ1) is 12.2. The minimum Gasteiger partial charge on any atom is -0.467 e. The molecule has 4 rings (SSSR count). The van der Waals surface area contributed by atoms with Crippen LogP contribution in [0, 0.1) is 0 Å². The molecular formula is C18H17N3O3S. The molecule has 6 nitrogen and oxygen atoms in total. The van der Waals surface area contributed by atoms with Gasteiger partial charge in [-0.3, -0.25) is 4.79 Å². The highest BCUT2D eigenvalue weighted by atomic mass is 32.2. The Labute approximate surface area is 149 Å². The van der Waals surface area contributed by atoms with E-state index >= 15 is 0 Å². The highest BCUT2D eigenvalue weighted by Gasteiger charge is 2.34. The summed E-state index contributed by atoms with van der Waals surface area (Å²) in [5.74, 6) is 1.84. The number of likely N-dealkylation sites (tertiary alicyclic amines) is 1. The molecule has 0 saturated carbocycles. The molecule has 1 amide bonds. The maximum atomic E-state index is 12.2. The molecule has 0 aliphatic carbocycles. The molecule has 1 fully saturated rings. The molecular weight excluding hydrogens is 338 g/mol. The van der Waals surface area contributed by atoms with E-state index in [0.717, 1.165) is 11.3 Å². The van der Waals surface area contributed by atoms with Crippen LogP contribution in [0.25, 0.3) is 11.4 Å². The Morgan fingerprint density at radius 3 is 2.84 bits per heavy atom. The minimum absolute atomic E-state index is 0.0745. The monoisotopic (exact) mass is 355 g/mol. The van der Waals surface area contributed by atoms with Crippen LogP contribution in [0.1, 0.15) is 24.0 Å². The van der Waals surface area contributed by atoms with Gasteiger partial charge < -0.3 is 13.8 Å². The molecule has 1 unspecified atom stereocenters. The van der Waals surface area contributed by atoms with E-state index in [1.807, 2.05) is 42.7 Å². The lowest BCUT2D eigenvalue weighted by Crippen LogP contribution is -2.24. The maximum Gasteiger partial charge on any atom is 0.232 e. The number of thioether (sulfide) groups is 1. The fraction of sp³-hybridized carbons (Fsp3) is 0.278. The van der Waals surface area contributed by atoms with E-state index in [0.29, 0.717) is 31.2 Å². The lowest BCUT2D eigenvalue weighted by atomic mass is 10.1.